The number of hydrogen-bond donors (Lipinski definition) is 1. The number of benzene rings is 1. The van der Waals surface area contributed by atoms with Crippen molar-refractivity contribution in [3.8, 4) is 0 Å². The molecule has 0 spiro atoms. The lowest BCUT2D eigenvalue weighted by Gasteiger charge is -2.26. The first-order valence-corrected chi connectivity index (χ1v) is 7.79. The third-order valence-corrected chi connectivity index (χ3v) is 4.61. The van der Waals surface area contributed by atoms with Crippen LogP contribution in [-0.4, -0.2) is 55.1 Å². The zero-order valence-electron chi connectivity index (χ0n) is 12.6. The summed E-state index contributed by atoms with van der Waals surface area (Å²) in [5.41, 5.74) is 1.97. The zero-order valence-corrected chi connectivity index (χ0v) is 12.6. The van der Waals surface area contributed by atoms with E-state index >= 15 is 0 Å². The average molecular weight is 314 g/mol. The van der Waals surface area contributed by atoms with Gasteiger partial charge in [-0.15, -0.1) is 0 Å². The molecule has 0 radical (unpaired) electrons. The topological polar surface area (TPSA) is 71.9 Å². The molecular weight excluding hydrogens is 296 g/mol. The number of ether oxygens (including phenoxy) is 2. The van der Waals surface area contributed by atoms with Crippen LogP contribution in [-0.2, 0) is 9.47 Å². The number of anilines is 1. The highest BCUT2D eigenvalue weighted by molar-refractivity contribution is 6.06. The standard InChI is InChI=1S/C17H18N2O4/c20-17(21)13-3-4-14(16-12(13)2-1-5-18-16)19-6-7-23-15-10-22-9-11(15)8-19/h1-5,11,15H,6-10H2,(H,20,21)/t11-,15+/m0/s1. The van der Waals surface area contributed by atoms with Gasteiger partial charge in [-0.3, -0.25) is 4.98 Å². The van der Waals surface area contributed by atoms with Gasteiger partial charge in [0.15, 0.2) is 0 Å². The number of nitrogens with zero attached hydrogens (tertiary/aromatic N) is 2. The number of carboxylic acid groups (broad SMARTS) is 1. The zero-order chi connectivity index (χ0) is 15.8. The summed E-state index contributed by atoms with van der Waals surface area (Å²) >= 11 is 0. The van der Waals surface area contributed by atoms with Crippen LogP contribution in [0.3, 0.4) is 0 Å². The van der Waals surface area contributed by atoms with E-state index in [0.717, 1.165) is 24.3 Å². The summed E-state index contributed by atoms with van der Waals surface area (Å²) in [6, 6.07) is 7.10. The van der Waals surface area contributed by atoms with Gasteiger partial charge in [0.1, 0.15) is 0 Å². The molecule has 0 aliphatic carbocycles. The first kappa shape index (κ1) is 14.4. The monoisotopic (exact) mass is 314 g/mol. The summed E-state index contributed by atoms with van der Waals surface area (Å²) in [5, 5.41) is 10.0. The normalized spacial score (nSPS) is 24.4. The largest absolute Gasteiger partial charge is 0.478 e. The molecule has 2 fully saturated rings. The third-order valence-electron chi connectivity index (χ3n) is 4.61. The predicted octanol–water partition coefficient (Wildman–Crippen LogP) is 1.78. The van der Waals surface area contributed by atoms with E-state index in [0.29, 0.717) is 31.1 Å². The minimum Gasteiger partial charge on any atom is -0.478 e. The molecule has 2 saturated heterocycles. The number of carboxylic acids is 1. The molecule has 0 bridgehead atoms. The molecule has 2 atom stereocenters. The number of fused-ring (bicyclic) bond motifs is 2. The van der Waals surface area contributed by atoms with Crippen molar-refractivity contribution in [2.45, 2.75) is 6.10 Å². The van der Waals surface area contributed by atoms with Gasteiger partial charge in [0.05, 0.1) is 42.7 Å². The van der Waals surface area contributed by atoms with E-state index in [-0.39, 0.29) is 11.7 Å². The lowest BCUT2D eigenvalue weighted by Crippen LogP contribution is -2.32. The van der Waals surface area contributed by atoms with Crippen LogP contribution in [0.4, 0.5) is 5.69 Å². The molecule has 2 aliphatic heterocycles. The Labute approximate surface area is 133 Å². The fraction of sp³-hybridized carbons (Fsp3) is 0.412. The molecule has 6 nitrogen and oxygen atoms in total. The summed E-state index contributed by atoms with van der Waals surface area (Å²) in [6.07, 6.45) is 1.87. The Hall–Kier alpha value is -2.18. The van der Waals surface area contributed by atoms with E-state index in [1.165, 1.54) is 0 Å². The molecule has 0 amide bonds. The van der Waals surface area contributed by atoms with Gasteiger partial charge in [-0.25, -0.2) is 4.79 Å². The summed E-state index contributed by atoms with van der Waals surface area (Å²) in [4.78, 5) is 18.1. The quantitative estimate of drug-likeness (QED) is 0.911. The van der Waals surface area contributed by atoms with Crippen LogP contribution < -0.4 is 4.90 Å². The van der Waals surface area contributed by atoms with Crippen LogP contribution in [0.5, 0.6) is 0 Å². The van der Waals surface area contributed by atoms with Crippen molar-refractivity contribution in [1.29, 1.82) is 0 Å². The van der Waals surface area contributed by atoms with E-state index < -0.39 is 5.97 Å². The second kappa shape index (κ2) is 5.79. The minimum absolute atomic E-state index is 0.164. The Morgan fingerprint density at radius 2 is 2.22 bits per heavy atom. The number of pyridine rings is 1. The van der Waals surface area contributed by atoms with Crippen LogP contribution in [0.2, 0.25) is 0 Å². The van der Waals surface area contributed by atoms with Crippen molar-refractivity contribution >= 4 is 22.6 Å². The maximum absolute atomic E-state index is 11.4. The fourth-order valence-electron chi connectivity index (χ4n) is 3.44. The first-order valence-electron chi connectivity index (χ1n) is 7.79. The Morgan fingerprint density at radius 1 is 1.30 bits per heavy atom. The molecular formula is C17H18N2O4. The van der Waals surface area contributed by atoms with Crippen LogP contribution in [0.1, 0.15) is 10.4 Å². The van der Waals surface area contributed by atoms with Crippen LogP contribution in [0.25, 0.3) is 10.9 Å². The molecule has 23 heavy (non-hydrogen) atoms. The first-order chi connectivity index (χ1) is 11.2. The SMILES string of the molecule is O=C(O)c1ccc(N2CCO[C@@H]3COC[C@@H]3C2)c2ncccc12. The summed E-state index contributed by atoms with van der Waals surface area (Å²) in [5.74, 6) is -0.589. The molecule has 1 aromatic carbocycles. The van der Waals surface area contributed by atoms with E-state index in [1.807, 2.05) is 12.1 Å². The number of aromatic nitrogens is 1. The second-order valence-electron chi connectivity index (χ2n) is 5.99. The van der Waals surface area contributed by atoms with E-state index in [4.69, 9.17) is 9.47 Å². The Bertz CT molecular complexity index is 748. The Balaban J connectivity index is 1.76. The highest BCUT2D eigenvalue weighted by atomic mass is 16.5. The summed E-state index contributed by atoms with van der Waals surface area (Å²) in [7, 11) is 0. The van der Waals surface area contributed by atoms with Gasteiger partial charge in [-0.2, -0.15) is 0 Å². The van der Waals surface area contributed by atoms with Crippen LogP contribution >= 0.6 is 0 Å². The predicted molar refractivity (Wildman–Crippen MR) is 85.0 cm³/mol. The van der Waals surface area contributed by atoms with Gasteiger partial charge in [0, 0.05) is 30.6 Å². The van der Waals surface area contributed by atoms with Crippen molar-refractivity contribution in [2.75, 3.05) is 37.8 Å². The molecule has 120 valence electrons. The average Bonchev–Trinajstić information content (AvgIpc) is 2.90. The fourth-order valence-corrected chi connectivity index (χ4v) is 3.44. The molecule has 2 aliphatic rings. The Kier molecular flexibility index (Phi) is 3.63. The highest BCUT2D eigenvalue weighted by Gasteiger charge is 2.33. The lowest BCUT2D eigenvalue weighted by atomic mass is 10.0. The number of rotatable bonds is 2. The van der Waals surface area contributed by atoms with Gasteiger partial charge < -0.3 is 19.5 Å². The molecule has 3 heterocycles. The van der Waals surface area contributed by atoms with Crippen molar-refractivity contribution < 1.29 is 19.4 Å². The molecule has 1 N–H and O–H groups in total. The molecule has 0 saturated carbocycles. The number of carbonyl (C=O) groups is 1. The maximum atomic E-state index is 11.4. The number of hydrogen-bond acceptors (Lipinski definition) is 5. The second-order valence-corrected chi connectivity index (χ2v) is 5.99. The summed E-state index contributed by atoms with van der Waals surface area (Å²) in [6.45, 7) is 3.61. The van der Waals surface area contributed by atoms with E-state index in [9.17, 15) is 9.90 Å². The van der Waals surface area contributed by atoms with E-state index in [1.54, 1.807) is 18.3 Å². The van der Waals surface area contributed by atoms with Gasteiger partial charge in [0.2, 0.25) is 0 Å². The van der Waals surface area contributed by atoms with Gasteiger partial charge >= 0.3 is 5.97 Å². The van der Waals surface area contributed by atoms with Crippen molar-refractivity contribution in [3.63, 3.8) is 0 Å². The number of aromatic carboxylic acids is 1. The van der Waals surface area contributed by atoms with Crippen LogP contribution in [0, 0.1) is 5.92 Å². The molecule has 1 aromatic heterocycles. The smallest absolute Gasteiger partial charge is 0.336 e. The lowest BCUT2D eigenvalue weighted by molar-refractivity contribution is 0.0412. The van der Waals surface area contributed by atoms with Gasteiger partial charge in [-0.1, -0.05) is 6.07 Å². The molecule has 6 heteroatoms. The van der Waals surface area contributed by atoms with Crippen molar-refractivity contribution in [2.24, 2.45) is 5.92 Å². The third kappa shape index (κ3) is 2.54. The van der Waals surface area contributed by atoms with Crippen molar-refractivity contribution in [1.82, 2.24) is 4.98 Å². The maximum Gasteiger partial charge on any atom is 0.336 e. The summed E-state index contributed by atoms with van der Waals surface area (Å²) < 4.78 is 11.4. The van der Waals surface area contributed by atoms with E-state index in [2.05, 4.69) is 9.88 Å². The van der Waals surface area contributed by atoms with Crippen molar-refractivity contribution in [3.05, 3.63) is 36.0 Å². The highest BCUT2D eigenvalue weighted by Crippen LogP contribution is 2.31. The van der Waals surface area contributed by atoms with Crippen LogP contribution in [0.15, 0.2) is 30.5 Å². The molecule has 0 unspecified atom stereocenters. The van der Waals surface area contributed by atoms with Gasteiger partial charge in [-0.05, 0) is 18.2 Å². The minimum atomic E-state index is -0.932. The Morgan fingerprint density at radius 3 is 3.09 bits per heavy atom. The van der Waals surface area contributed by atoms with Gasteiger partial charge in [0.25, 0.3) is 0 Å². The molecule has 4 rings (SSSR count). The molecule has 2 aromatic rings.